The fourth-order valence-electron chi connectivity index (χ4n) is 2.61. The summed E-state index contributed by atoms with van der Waals surface area (Å²) in [5.41, 5.74) is 4.28. The van der Waals surface area contributed by atoms with Crippen LogP contribution in [0.25, 0.3) is 10.9 Å². The van der Waals surface area contributed by atoms with Gasteiger partial charge < -0.3 is 9.88 Å². The van der Waals surface area contributed by atoms with Gasteiger partial charge in [-0.15, -0.1) is 0 Å². The van der Waals surface area contributed by atoms with Crippen molar-refractivity contribution in [2.24, 2.45) is 5.92 Å². The van der Waals surface area contributed by atoms with Crippen molar-refractivity contribution in [3.05, 3.63) is 35.0 Å². The Bertz CT molecular complexity index is 621. The van der Waals surface area contributed by atoms with Crippen molar-refractivity contribution >= 4 is 16.8 Å². The zero-order valence-corrected chi connectivity index (χ0v) is 11.1. The summed E-state index contributed by atoms with van der Waals surface area (Å²) in [6.45, 7) is 8.13. The predicted molar refractivity (Wildman–Crippen MR) is 72.8 cm³/mol. The van der Waals surface area contributed by atoms with Crippen LogP contribution in [-0.2, 0) is 0 Å². The quantitative estimate of drug-likeness (QED) is 0.820. The van der Waals surface area contributed by atoms with Gasteiger partial charge in [-0.05, 0) is 43.0 Å². The molecule has 0 saturated carbocycles. The number of nitrogens with zero attached hydrogens (tertiary/aromatic N) is 1. The fourth-order valence-corrected chi connectivity index (χ4v) is 2.61. The molecule has 1 aliphatic rings. The van der Waals surface area contributed by atoms with Gasteiger partial charge in [0.15, 0.2) is 0 Å². The monoisotopic (exact) mass is 242 g/mol. The normalized spacial score (nSPS) is 16.1. The van der Waals surface area contributed by atoms with Crippen LogP contribution in [0.15, 0.2) is 18.2 Å². The van der Waals surface area contributed by atoms with Crippen molar-refractivity contribution in [1.82, 2.24) is 9.88 Å². The topological polar surface area (TPSA) is 36.1 Å². The van der Waals surface area contributed by atoms with Gasteiger partial charge in [-0.2, -0.15) is 0 Å². The Hall–Kier alpha value is -1.77. The van der Waals surface area contributed by atoms with Crippen LogP contribution in [-0.4, -0.2) is 28.9 Å². The summed E-state index contributed by atoms with van der Waals surface area (Å²) in [5, 5.41) is 1.16. The molecular formula is C15H18N2O. The van der Waals surface area contributed by atoms with Crippen LogP contribution >= 0.6 is 0 Å². The number of rotatable bonds is 1. The third-order valence-electron chi connectivity index (χ3n) is 3.93. The maximum absolute atomic E-state index is 12.2. The maximum atomic E-state index is 12.2. The number of hydrogen-bond donors (Lipinski definition) is 1. The highest BCUT2D eigenvalue weighted by atomic mass is 16.2. The van der Waals surface area contributed by atoms with Gasteiger partial charge in [0.2, 0.25) is 0 Å². The lowest BCUT2D eigenvalue weighted by atomic mass is 10.0. The number of amides is 1. The summed E-state index contributed by atoms with van der Waals surface area (Å²) in [5.74, 6) is 0.767. The van der Waals surface area contributed by atoms with Gasteiger partial charge in [0.25, 0.3) is 5.91 Å². The van der Waals surface area contributed by atoms with E-state index in [1.54, 1.807) is 0 Å². The Morgan fingerprint density at radius 2 is 2.06 bits per heavy atom. The summed E-state index contributed by atoms with van der Waals surface area (Å²) >= 11 is 0. The minimum Gasteiger partial charge on any atom is -0.351 e. The van der Waals surface area contributed by atoms with Gasteiger partial charge in [-0.25, -0.2) is 0 Å². The van der Waals surface area contributed by atoms with Gasteiger partial charge in [-0.3, -0.25) is 4.79 Å². The van der Waals surface area contributed by atoms with Crippen LogP contribution in [0.2, 0.25) is 0 Å². The van der Waals surface area contributed by atoms with E-state index < -0.39 is 0 Å². The molecule has 1 aromatic heterocycles. The molecule has 0 bridgehead atoms. The molecule has 0 unspecified atom stereocenters. The number of aromatic amines is 1. The predicted octanol–water partition coefficient (Wildman–Crippen LogP) is 2.88. The number of carbonyl (C=O) groups excluding carboxylic acids is 1. The highest BCUT2D eigenvalue weighted by Gasteiger charge is 2.28. The summed E-state index contributed by atoms with van der Waals surface area (Å²) < 4.78 is 0. The van der Waals surface area contributed by atoms with Crippen LogP contribution in [0.1, 0.15) is 28.5 Å². The molecule has 1 saturated heterocycles. The van der Waals surface area contributed by atoms with Crippen LogP contribution < -0.4 is 0 Å². The van der Waals surface area contributed by atoms with E-state index in [0.717, 1.165) is 24.0 Å². The summed E-state index contributed by atoms with van der Waals surface area (Å²) in [7, 11) is 0. The van der Waals surface area contributed by atoms with Gasteiger partial charge in [0.1, 0.15) is 5.69 Å². The molecule has 0 spiro atoms. The number of likely N-dealkylation sites (tertiary alicyclic amines) is 1. The first-order chi connectivity index (χ1) is 8.56. The van der Waals surface area contributed by atoms with E-state index in [2.05, 4.69) is 31.8 Å². The smallest absolute Gasteiger partial charge is 0.270 e. The summed E-state index contributed by atoms with van der Waals surface area (Å²) in [6, 6.07) is 6.13. The second-order valence-corrected chi connectivity index (χ2v) is 5.47. The maximum Gasteiger partial charge on any atom is 0.270 e. The standard InChI is InChI=1S/C15H18N2O/c1-9-7-17(8-9)15(18)14-6-12-11(3)10(2)4-5-13(12)16-14/h4-6,9,16H,7-8H2,1-3H3. The molecule has 3 heteroatoms. The van der Waals surface area contributed by atoms with Gasteiger partial charge in [0, 0.05) is 24.0 Å². The van der Waals surface area contributed by atoms with Crippen LogP contribution in [0.4, 0.5) is 0 Å². The van der Waals surface area contributed by atoms with E-state index in [9.17, 15) is 4.79 Å². The molecule has 94 valence electrons. The van der Waals surface area contributed by atoms with E-state index in [0.29, 0.717) is 11.6 Å². The third kappa shape index (κ3) is 1.62. The van der Waals surface area contributed by atoms with Crippen molar-refractivity contribution in [2.75, 3.05) is 13.1 Å². The van der Waals surface area contributed by atoms with Crippen LogP contribution in [0.3, 0.4) is 0 Å². The number of fused-ring (bicyclic) bond motifs is 1. The molecule has 1 aliphatic heterocycles. The molecule has 1 fully saturated rings. The molecule has 18 heavy (non-hydrogen) atoms. The molecule has 0 radical (unpaired) electrons. The zero-order valence-electron chi connectivity index (χ0n) is 11.1. The number of nitrogens with one attached hydrogen (secondary N) is 1. The van der Waals surface area contributed by atoms with Crippen LogP contribution in [0.5, 0.6) is 0 Å². The number of benzene rings is 1. The minimum absolute atomic E-state index is 0.126. The highest BCUT2D eigenvalue weighted by Crippen LogP contribution is 2.24. The molecule has 1 N–H and O–H groups in total. The van der Waals surface area contributed by atoms with E-state index >= 15 is 0 Å². The fraction of sp³-hybridized carbons (Fsp3) is 0.400. The van der Waals surface area contributed by atoms with E-state index in [4.69, 9.17) is 0 Å². The number of carbonyl (C=O) groups is 1. The lowest BCUT2D eigenvalue weighted by Crippen LogP contribution is -2.48. The first-order valence-electron chi connectivity index (χ1n) is 6.44. The summed E-state index contributed by atoms with van der Waals surface area (Å²) in [4.78, 5) is 17.4. The average Bonchev–Trinajstić information content (AvgIpc) is 2.74. The Morgan fingerprint density at radius 1 is 1.33 bits per heavy atom. The van der Waals surface area contributed by atoms with E-state index in [1.807, 2.05) is 17.0 Å². The van der Waals surface area contributed by atoms with Crippen molar-refractivity contribution in [2.45, 2.75) is 20.8 Å². The largest absolute Gasteiger partial charge is 0.351 e. The SMILES string of the molecule is Cc1ccc2[nH]c(C(=O)N3CC(C)C3)cc2c1C. The number of hydrogen-bond acceptors (Lipinski definition) is 1. The first kappa shape index (κ1) is 11.3. The van der Waals surface area contributed by atoms with Crippen molar-refractivity contribution in [1.29, 1.82) is 0 Å². The Labute approximate surface area is 107 Å². The number of aromatic nitrogens is 1. The number of H-pyrrole nitrogens is 1. The zero-order chi connectivity index (χ0) is 12.9. The van der Waals surface area contributed by atoms with Gasteiger partial charge >= 0.3 is 0 Å². The van der Waals surface area contributed by atoms with Gasteiger partial charge in [0.05, 0.1) is 0 Å². The minimum atomic E-state index is 0.126. The molecule has 3 nitrogen and oxygen atoms in total. The number of aryl methyl sites for hydroxylation is 2. The van der Waals surface area contributed by atoms with Crippen molar-refractivity contribution in [3.8, 4) is 0 Å². The molecule has 0 atom stereocenters. The molecule has 1 aromatic carbocycles. The second-order valence-electron chi connectivity index (χ2n) is 5.47. The van der Waals surface area contributed by atoms with Crippen molar-refractivity contribution < 1.29 is 4.79 Å². The lowest BCUT2D eigenvalue weighted by Gasteiger charge is -2.36. The van der Waals surface area contributed by atoms with E-state index in [1.165, 1.54) is 11.1 Å². The Balaban J connectivity index is 1.98. The van der Waals surface area contributed by atoms with Crippen LogP contribution in [0, 0.1) is 19.8 Å². The Kier molecular flexibility index (Phi) is 2.44. The summed E-state index contributed by atoms with van der Waals surface area (Å²) in [6.07, 6.45) is 0. The lowest BCUT2D eigenvalue weighted by molar-refractivity contribution is 0.0525. The molecule has 2 aromatic rings. The van der Waals surface area contributed by atoms with Gasteiger partial charge in [-0.1, -0.05) is 13.0 Å². The second kappa shape index (κ2) is 3.87. The molecule has 0 aliphatic carbocycles. The third-order valence-corrected chi connectivity index (χ3v) is 3.93. The molecule has 1 amide bonds. The molecular weight excluding hydrogens is 224 g/mol. The molecule has 3 rings (SSSR count). The Morgan fingerprint density at radius 3 is 2.72 bits per heavy atom. The van der Waals surface area contributed by atoms with Crippen molar-refractivity contribution in [3.63, 3.8) is 0 Å². The first-order valence-corrected chi connectivity index (χ1v) is 6.44. The molecule has 2 heterocycles. The highest BCUT2D eigenvalue weighted by molar-refractivity contribution is 5.99. The van der Waals surface area contributed by atoms with E-state index in [-0.39, 0.29) is 5.91 Å². The average molecular weight is 242 g/mol.